The number of nitrogens with zero attached hydrogens (tertiary/aromatic N) is 1. The van der Waals surface area contributed by atoms with Crippen LogP contribution in [-0.4, -0.2) is 36.6 Å². The van der Waals surface area contributed by atoms with Gasteiger partial charge in [-0.05, 0) is 45.7 Å². The Morgan fingerprint density at radius 1 is 1.31 bits per heavy atom. The number of rotatable bonds is 8. The molecule has 0 spiro atoms. The van der Waals surface area contributed by atoms with Gasteiger partial charge in [-0.15, -0.1) is 0 Å². The van der Waals surface area contributed by atoms with Crippen LogP contribution in [0.2, 0.25) is 0 Å². The number of hydrogen-bond acceptors (Lipinski definition) is 2. The van der Waals surface area contributed by atoms with Gasteiger partial charge < -0.3 is 5.32 Å². The first kappa shape index (κ1) is 14.0. The largest absolute Gasteiger partial charge is 0.313 e. The van der Waals surface area contributed by atoms with E-state index in [9.17, 15) is 0 Å². The van der Waals surface area contributed by atoms with Crippen LogP contribution in [0.4, 0.5) is 0 Å². The van der Waals surface area contributed by atoms with Gasteiger partial charge >= 0.3 is 0 Å². The molecule has 0 aromatic rings. The summed E-state index contributed by atoms with van der Waals surface area (Å²) in [7, 11) is 0. The van der Waals surface area contributed by atoms with E-state index in [4.69, 9.17) is 0 Å². The normalized spacial score (nSPS) is 22.9. The first-order chi connectivity index (χ1) is 7.77. The average molecular weight is 226 g/mol. The average Bonchev–Trinajstić information content (AvgIpc) is 2.77. The third-order valence-corrected chi connectivity index (χ3v) is 3.75. The lowest BCUT2D eigenvalue weighted by Crippen LogP contribution is -2.42. The quantitative estimate of drug-likeness (QED) is 0.684. The molecule has 1 rings (SSSR count). The molecular formula is C14H30N2. The zero-order chi connectivity index (χ0) is 11.8. The molecule has 2 nitrogen and oxygen atoms in total. The summed E-state index contributed by atoms with van der Waals surface area (Å²) in [6.45, 7) is 10.8. The Labute approximate surface area is 102 Å². The molecule has 0 saturated carbocycles. The molecule has 0 aliphatic carbocycles. The minimum Gasteiger partial charge on any atom is -0.313 e. The van der Waals surface area contributed by atoms with Gasteiger partial charge in [-0.1, -0.05) is 26.7 Å². The standard InChI is InChI=1S/C14H30N2/c1-4-6-11-16(13(3)8-5-2)12-14-9-7-10-15-14/h13-15H,4-12H2,1-3H3. The second-order valence-electron chi connectivity index (χ2n) is 5.28. The Morgan fingerprint density at radius 2 is 2.12 bits per heavy atom. The maximum atomic E-state index is 3.62. The molecule has 0 radical (unpaired) electrons. The monoisotopic (exact) mass is 226 g/mol. The molecule has 1 saturated heterocycles. The highest BCUT2D eigenvalue weighted by Gasteiger charge is 2.20. The molecule has 1 fully saturated rings. The van der Waals surface area contributed by atoms with Crippen molar-refractivity contribution in [3.8, 4) is 0 Å². The summed E-state index contributed by atoms with van der Waals surface area (Å²) in [6.07, 6.45) is 8.06. The molecule has 0 aromatic carbocycles. The molecule has 1 aliphatic heterocycles. The Balaban J connectivity index is 2.34. The fraction of sp³-hybridized carbons (Fsp3) is 1.00. The van der Waals surface area contributed by atoms with E-state index in [0.29, 0.717) is 0 Å². The van der Waals surface area contributed by atoms with Gasteiger partial charge in [0.1, 0.15) is 0 Å². The maximum absolute atomic E-state index is 3.62. The highest BCUT2D eigenvalue weighted by molar-refractivity contribution is 4.80. The molecule has 2 heteroatoms. The first-order valence-corrected chi connectivity index (χ1v) is 7.25. The van der Waals surface area contributed by atoms with Crippen LogP contribution in [0.5, 0.6) is 0 Å². The van der Waals surface area contributed by atoms with E-state index in [1.807, 2.05) is 0 Å². The molecule has 0 amide bonds. The van der Waals surface area contributed by atoms with E-state index in [1.165, 1.54) is 58.2 Å². The Kier molecular flexibility index (Phi) is 7.06. The van der Waals surface area contributed by atoms with E-state index in [-0.39, 0.29) is 0 Å². The Bertz CT molecular complexity index is 164. The summed E-state index contributed by atoms with van der Waals surface area (Å²) in [5.41, 5.74) is 0. The summed E-state index contributed by atoms with van der Waals surface area (Å²) in [5.74, 6) is 0. The second kappa shape index (κ2) is 8.08. The fourth-order valence-electron chi connectivity index (χ4n) is 2.65. The van der Waals surface area contributed by atoms with Gasteiger partial charge in [0.15, 0.2) is 0 Å². The van der Waals surface area contributed by atoms with Crippen LogP contribution in [-0.2, 0) is 0 Å². The molecule has 2 unspecified atom stereocenters. The molecule has 1 N–H and O–H groups in total. The zero-order valence-electron chi connectivity index (χ0n) is 11.5. The number of unbranched alkanes of at least 4 members (excludes halogenated alkanes) is 1. The van der Waals surface area contributed by atoms with Crippen LogP contribution in [0.3, 0.4) is 0 Å². The van der Waals surface area contributed by atoms with Crippen LogP contribution >= 0.6 is 0 Å². The fourth-order valence-corrected chi connectivity index (χ4v) is 2.65. The minimum atomic E-state index is 0.760. The van der Waals surface area contributed by atoms with Gasteiger partial charge in [-0.2, -0.15) is 0 Å². The smallest absolute Gasteiger partial charge is 0.0195 e. The van der Waals surface area contributed by atoms with Crippen molar-refractivity contribution in [2.45, 2.75) is 71.4 Å². The maximum Gasteiger partial charge on any atom is 0.0195 e. The van der Waals surface area contributed by atoms with Crippen molar-refractivity contribution in [3.63, 3.8) is 0 Å². The molecule has 1 heterocycles. The van der Waals surface area contributed by atoms with Crippen LogP contribution in [0.1, 0.15) is 59.3 Å². The zero-order valence-corrected chi connectivity index (χ0v) is 11.5. The van der Waals surface area contributed by atoms with Crippen molar-refractivity contribution in [2.24, 2.45) is 0 Å². The molecule has 0 aromatic heterocycles. The SMILES string of the molecule is CCCCN(CC1CCCN1)C(C)CCC. The van der Waals surface area contributed by atoms with E-state index < -0.39 is 0 Å². The second-order valence-corrected chi connectivity index (χ2v) is 5.28. The van der Waals surface area contributed by atoms with Crippen molar-refractivity contribution in [1.29, 1.82) is 0 Å². The van der Waals surface area contributed by atoms with Crippen molar-refractivity contribution < 1.29 is 0 Å². The van der Waals surface area contributed by atoms with Crippen LogP contribution in [0.15, 0.2) is 0 Å². The third kappa shape index (κ3) is 4.84. The summed E-state index contributed by atoms with van der Waals surface area (Å²) < 4.78 is 0. The van der Waals surface area contributed by atoms with Crippen LogP contribution in [0.25, 0.3) is 0 Å². The van der Waals surface area contributed by atoms with Crippen LogP contribution < -0.4 is 5.32 Å². The molecular weight excluding hydrogens is 196 g/mol. The molecule has 2 atom stereocenters. The summed E-state index contributed by atoms with van der Waals surface area (Å²) in [4.78, 5) is 2.70. The summed E-state index contributed by atoms with van der Waals surface area (Å²) in [5, 5.41) is 3.62. The predicted octanol–water partition coefficient (Wildman–Crippen LogP) is 3.03. The van der Waals surface area contributed by atoms with Crippen LogP contribution in [0, 0.1) is 0 Å². The lowest BCUT2D eigenvalue weighted by atomic mass is 10.1. The van der Waals surface area contributed by atoms with E-state index in [2.05, 4.69) is 31.0 Å². The Hall–Kier alpha value is -0.0800. The van der Waals surface area contributed by atoms with Crippen molar-refractivity contribution in [1.82, 2.24) is 10.2 Å². The van der Waals surface area contributed by atoms with E-state index >= 15 is 0 Å². The van der Waals surface area contributed by atoms with Crippen molar-refractivity contribution in [2.75, 3.05) is 19.6 Å². The van der Waals surface area contributed by atoms with Crippen molar-refractivity contribution in [3.05, 3.63) is 0 Å². The van der Waals surface area contributed by atoms with Gasteiger partial charge in [0.05, 0.1) is 0 Å². The molecule has 16 heavy (non-hydrogen) atoms. The van der Waals surface area contributed by atoms with Crippen molar-refractivity contribution >= 4 is 0 Å². The number of hydrogen-bond donors (Lipinski definition) is 1. The van der Waals surface area contributed by atoms with Gasteiger partial charge in [-0.25, -0.2) is 0 Å². The lowest BCUT2D eigenvalue weighted by Gasteiger charge is -2.31. The Morgan fingerprint density at radius 3 is 2.69 bits per heavy atom. The summed E-state index contributed by atoms with van der Waals surface area (Å²) >= 11 is 0. The topological polar surface area (TPSA) is 15.3 Å². The van der Waals surface area contributed by atoms with E-state index in [0.717, 1.165) is 12.1 Å². The minimum absolute atomic E-state index is 0.760. The van der Waals surface area contributed by atoms with Gasteiger partial charge in [0.25, 0.3) is 0 Å². The number of nitrogens with one attached hydrogen (secondary N) is 1. The van der Waals surface area contributed by atoms with Gasteiger partial charge in [0.2, 0.25) is 0 Å². The molecule has 1 aliphatic rings. The van der Waals surface area contributed by atoms with E-state index in [1.54, 1.807) is 0 Å². The third-order valence-electron chi connectivity index (χ3n) is 3.75. The predicted molar refractivity (Wildman–Crippen MR) is 71.9 cm³/mol. The highest BCUT2D eigenvalue weighted by atomic mass is 15.2. The van der Waals surface area contributed by atoms with Gasteiger partial charge in [-0.3, -0.25) is 4.90 Å². The molecule has 96 valence electrons. The molecule has 0 bridgehead atoms. The summed E-state index contributed by atoms with van der Waals surface area (Å²) in [6, 6.07) is 1.52. The lowest BCUT2D eigenvalue weighted by molar-refractivity contribution is 0.179. The first-order valence-electron chi connectivity index (χ1n) is 7.25. The van der Waals surface area contributed by atoms with Gasteiger partial charge in [0, 0.05) is 18.6 Å². The highest BCUT2D eigenvalue weighted by Crippen LogP contribution is 2.13.